The molecular formula is C13H19N3. The Morgan fingerprint density at radius 3 is 2.81 bits per heavy atom. The molecule has 0 radical (unpaired) electrons. The SMILES string of the molecule is CNCCCN(C)Cc1ccccc1C#N. The largest absolute Gasteiger partial charge is 0.320 e. The molecule has 3 nitrogen and oxygen atoms in total. The molecule has 16 heavy (non-hydrogen) atoms. The van der Waals surface area contributed by atoms with Crippen molar-refractivity contribution in [2.24, 2.45) is 0 Å². The predicted octanol–water partition coefficient (Wildman–Crippen LogP) is 1.60. The smallest absolute Gasteiger partial charge is 0.0995 e. The van der Waals surface area contributed by atoms with Gasteiger partial charge in [0.1, 0.15) is 0 Å². The third-order valence-electron chi connectivity index (χ3n) is 2.54. The van der Waals surface area contributed by atoms with Gasteiger partial charge in [0.15, 0.2) is 0 Å². The van der Waals surface area contributed by atoms with E-state index in [2.05, 4.69) is 23.3 Å². The molecule has 1 rings (SSSR count). The minimum absolute atomic E-state index is 0.781. The summed E-state index contributed by atoms with van der Waals surface area (Å²) in [6.07, 6.45) is 1.13. The lowest BCUT2D eigenvalue weighted by atomic mass is 10.1. The second-order valence-electron chi connectivity index (χ2n) is 3.96. The molecule has 0 atom stereocenters. The van der Waals surface area contributed by atoms with E-state index in [1.165, 1.54) is 0 Å². The van der Waals surface area contributed by atoms with Crippen LogP contribution in [0.3, 0.4) is 0 Å². The molecule has 3 heteroatoms. The molecule has 1 N–H and O–H groups in total. The van der Waals surface area contributed by atoms with Crippen LogP contribution < -0.4 is 5.32 Å². The number of rotatable bonds is 6. The third kappa shape index (κ3) is 4.01. The second kappa shape index (κ2) is 7.00. The molecule has 0 bridgehead atoms. The topological polar surface area (TPSA) is 39.1 Å². The van der Waals surface area contributed by atoms with Crippen molar-refractivity contribution < 1.29 is 0 Å². The van der Waals surface area contributed by atoms with Crippen LogP contribution in [0, 0.1) is 11.3 Å². The average Bonchev–Trinajstić information content (AvgIpc) is 2.30. The first-order valence-electron chi connectivity index (χ1n) is 5.59. The summed E-state index contributed by atoms with van der Waals surface area (Å²) >= 11 is 0. The van der Waals surface area contributed by atoms with Crippen molar-refractivity contribution in [1.82, 2.24) is 10.2 Å². The first kappa shape index (κ1) is 12.7. The molecule has 0 aliphatic carbocycles. The van der Waals surface area contributed by atoms with Crippen LogP contribution in [-0.4, -0.2) is 32.1 Å². The Kier molecular flexibility index (Phi) is 5.55. The maximum absolute atomic E-state index is 8.97. The summed E-state index contributed by atoms with van der Waals surface area (Å²) in [5.41, 5.74) is 1.89. The average molecular weight is 217 g/mol. The highest BCUT2D eigenvalue weighted by molar-refractivity contribution is 5.37. The summed E-state index contributed by atoms with van der Waals surface area (Å²) in [6, 6.07) is 10.0. The van der Waals surface area contributed by atoms with Gasteiger partial charge in [0.05, 0.1) is 11.6 Å². The van der Waals surface area contributed by atoms with E-state index in [-0.39, 0.29) is 0 Å². The van der Waals surface area contributed by atoms with Gasteiger partial charge in [-0.05, 0) is 45.2 Å². The van der Waals surface area contributed by atoms with Gasteiger partial charge >= 0.3 is 0 Å². The van der Waals surface area contributed by atoms with Crippen molar-refractivity contribution in [3.05, 3.63) is 35.4 Å². The number of nitrogens with zero attached hydrogens (tertiary/aromatic N) is 2. The first-order chi connectivity index (χ1) is 7.77. The molecule has 0 fully saturated rings. The number of benzene rings is 1. The van der Waals surface area contributed by atoms with Crippen molar-refractivity contribution in [3.8, 4) is 6.07 Å². The Morgan fingerprint density at radius 2 is 2.12 bits per heavy atom. The third-order valence-corrected chi connectivity index (χ3v) is 2.54. The standard InChI is InChI=1S/C13H19N3/c1-15-8-5-9-16(2)11-13-7-4-3-6-12(13)10-14/h3-4,6-7,15H,5,8-9,11H2,1-2H3. The van der Waals surface area contributed by atoms with Gasteiger partial charge in [-0.2, -0.15) is 5.26 Å². The molecule has 0 saturated carbocycles. The van der Waals surface area contributed by atoms with E-state index in [0.29, 0.717) is 0 Å². The van der Waals surface area contributed by atoms with Crippen molar-refractivity contribution in [2.45, 2.75) is 13.0 Å². The van der Waals surface area contributed by atoms with Crippen LogP contribution in [0.15, 0.2) is 24.3 Å². The molecule has 0 heterocycles. The Bertz CT molecular complexity index is 354. The summed E-state index contributed by atoms with van der Waals surface area (Å²) in [6.45, 7) is 2.91. The molecule has 1 aromatic rings. The Labute approximate surface area is 97.7 Å². The van der Waals surface area contributed by atoms with Gasteiger partial charge in [0.25, 0.3) is 0 Å². The summed E-state index contributed by atoms with van der Waals surface area (Å²) in [7, 11) is 4.05. The molecular weight excluding hydrogens is 198 g/mol. The minimum Gasteiger partial charge on any atom is -0.320 e. The fraction of sp³-hybridized carbons (Fsp3) is 0.462. The Hall–Kier alpha value is -1.37. The van der Waals surface area contributed by atoms with E-state index in [0.717, 1.165) is 37.2 Å². The molecule has 0 amide bonds. The van der Waals surface area contributed by atoms with Crippen molar-refractivity contribution in [1.29, 1.82) is 5.26 Å². The van der Waals surface area contributed by atoms with Gasteiger partial charge in [0, 0.05) is 6.54 Å². The predicted molar refractivity (Wildman–Crippen MR) is 66.0 cm³/mol. The van der Waals surface area contributed by atoms with Crippen LogP contribution in [0.4, 0.5) is 0 Å². The van der Waals surface area contributed by atoms with Crippen molar-refractivity contribution >= 4 is 0 Å². The monoisotopic (exact) mass is 217 g/mol. The van der Waals surface area contributed by atoms with Crippen molar-refractivity contribution in [3.63, 3.8) is 0 Å². The van der Waals surface area contributed by atoms with E-state index in [1.54, 1.807) is 0 Å². The highest BCUT2D eigenvalue weighted by Crippen LogP contribution is 2.09. The van der Waals surface area contributed by atoms with E-state index < -0.39 is 0 Å². The van der Waals surface area contributed by atoms with Gasteiger partial charge in [-0.15, -0.1) is 0 Å². The second-order valence-corrected chi connectivity index (χ2v) is 3.96. The highest BCUT2D eigenvalue weighted by atomic mass is 15.1. The summed E-state index contributed by atoms with van der Waals surface area (Å²) < 4.78 is 0. The zero-order valence-electron chi connectivity index (χ0n) is 10.0. The van der Waals surface area contributed by atoms with Crippen LogP contribution >= 0.6 is 0 Å². The summed E-state index contributed by atoms with van der Waals surface area (Å²) in [5.74, 6) is 0. The van der Waals surface area contributed by atoms with E-state index in [1.807, 2.05) is 31.3 Å². The number of hydrogen-bond donors (Lipinski definition) is 1. The van der Waals surface area contributed by atoms with E-state index >= 15 is 0 Å². The maximum Gasteiger partial charge on any atom is 0.0995 e. The van der Waals surface area contributed by atoms with Gasteiger partial charge in [0.2, 0.25) is 0 Å². The molecule has 86 valence electrons. The first-order valence-corrected chi connectivity index (χ1v) is 5.59. The number of nitriles is 1. The fourth-order valence-corrected chi connectivity index (χ4v) is 1.66. The van der Waals surface area contributed by atoms with Crippen molar-refractivity contribution in [2.75, 3.05) is 27.2 Å². The molecule has 0 aromatic heterocycles. The zero-order valence-corrected chi connectivity index (χ0v) is 10.0. The molecule has 0 unspecified atom stereocenters. The Balaban J connectivity index is 2.49. The molecule has 0 aliphatic rings. The normalized spacial score (nSPS) is 10.4. The summed E-state index contributed by atoms with van der Waals surface area (Å²) in [4.78, 5) is 2.24. The Morgan fingerprint density at radius 1 is 1.38 bits per heavy atom. The van der Waals surface area contributed by atoms with Gasteiger partial charge in [-0.1, -0.05) is 18.2 Å². The molecule has 0 aliphatic heterocycles. The number of nitrogens with one attached hydrogen (secondary N) is 1. The quantitative estimate of drug-likeness (QED) is 0.736. The van der Waals surface area contributed by atoms with Crippen LogP contribution in [-0.2, 0) is 6.54 Å². The number of hydrogen-bond acceptors (Lipinski definition) is 3. The molecule has 1 aromatic carbocycles. The van der Waals surface area contributed by atoms with Gasteiger partial charge in [-0.3, -0.25) is 0 Å². The fourth-order valence-electron chi connectivity index (χ4n) is 1.66. The van der Waals surface area contributed by atoms with E-state index in [9.17, 15) is 0 Å². The highest BCUT2D eigenvalue weighted by Gasteiger charge is 2.04. The maximum atomic E-state index is 8.97. The summed E-state index contributed by atoms with van der Waals surface area (Å²) in [5, 5.41) is 12.1. The minimum atomic E-state index is 0.781. The van der Waals surface area contributed by atoms with Gasteiger partial charge in [-0.25, -0.2) is 0 Å². The van der Waals surface area contributed by atoms with Gasteiger partial charge < -0.3 is 10.2 Å². The lowest BCUT2D eigenvalue weighted by Crippen LogP contribution is -2.22. The van der Waals surface area contributed by atoms with Crippen LogP contribution in [0.2, 0.25) is 0 Å². The van der Waals surface area contributed by atoms with Crippen LogP contribution in [0.5, 0.6) is 0 Å². The van der Waals surface area contributed by atoms with Crippen LogP contribution in [0.25, 0.3) is 0 Å². The lowest BCUT2D eigenvalue weighted by Gasteiger charge is -2.17. The molecule has 0 saturated heterocycles. The van der Waals surface area contributed by atoms with Crippen LogP contribution in [0.1, 0.15) is 17.5 Å². The molecule has 0 spiro atoms. The zero-order chi connectivity index (χ0) is 11.8. The van der Waals surface area contributed by atoms with E-state index in [4.69, 9.17) is 5.26 Å². The lowest BCUT2D eigenvalue weighted by molar-refractivity contribution is 0.321.